The molecule has 0 aromatic carbocycles. The van der Waals surface area contributed by atoms with E-state index >= 15 is 0 Å². The van der Waals surface area contributed by atoms with Crippen molar-refractivity contribution in [2.75, 3.05) is 0 Å². The zero-order valence-electron chi connectivity index (χ0n) is 14.5. The van der Waals surface area contributed by atoms with Gasteiger partial charge in [-0.25, -0.2) is 4.79 Å². The van der Waals surface area contributed by atoms with Crippen molar-refractivity contribution in [2.24, 2.45) is 5.41 Å². The fourth-order valence-electron chi connectivity index (χ4n) is 2.39. The molecule has 0 bridgehead atoms. The Morgan fingerprint density at radius 1 is 1.09 bits per heavy atom. The van der Waals surface area contributed by atoms with Gasteiger partial charge in [0.25, 0.3) is 0 Å². The maximum Gasteiger partial charge on any atom is 0.381 e. The number of halogens is 2. The van der Waals surface area contributed by atoms with Gasteiger partial charge < -0.3 is 9.47 Å². The lowest BCUT2D eigenvalue weighted by atomic mass is 9.90. The molecule has 1 fully saturated rings. The van der Waals surface area contributed by atoms with Gasteiger partial charge in [-0.2, -0.15) is 8.78 Å². The first-order chi connectivity index (χ1) is 10.6. The smallest absolute Gasteiger partial charge is 0.381 e. The summed E-state index contributed by atoms with van der Waals surface area (Å²) < 4.78 is 38.6. The number of hydrogen-bond acceptors (Lipinski definition) is 4. The average Bonchev–Trinajstić information content (AvgIpc) is 2.52. The zero-order chi connectivity index (χ0) is 17.7. The molecule has 6 heteroatoms. The molecule has 1 atom stereocenters. The molecule has 0 spiro atoms. The van der Waals surface area contributed by atoms with Gasteiger partial charge in [0, 0.05) is 0 Å². The predicted octanol–water partition coefficient (Wildman–Crippen LogP) is 4.26. The molecule has 4 nitrogen and oxygen atoms in total. The molecule has 1 unspecified atom stereocenters. The van der Waals surface area contributed by atoms with Crippen molar-refractivity contribution in [3.63, 3.8) is 0 Å². The minimum Gasteiger partial charge on any atom is -0.458 e. The van der Waals surface area contributed by atoms with Crippen LogP contribution in [0.5, 0.6) is 0 Å². The summed E-state index contributed by atoms with van der Waals surface area (Å²) in [5, 5.41) is 0. The van der Waals surface area contributed by atoms with Crippen LogP contribution in [-0.4, -0.2) is 30.1 Å². The summed E-state index contributed by atoms with van der Waals surface area (Å²) in [7, 11) is 0. The number of carbonyl (C=O) groups is 2. The third-order valence-electron chi connectivity index (χ3n) is 4.56. The van der Waals surface area contributed by atoms with E-state index in [0.29, 0.717) is 19.3 Å². The summed E-state index contributed by atoms with van der Waals surface area (Å²) in [6, 6.07) is 0. The second kappa shape index (κ2) is 8.06. The fourth-order valence-corrected chi connectivity index (χ4v) is 2.39. The summed E-state index contributed by atoms with van der Waals surface area (Å²) in [5.74, 6) is -6.14. The van der Waals surface area contributed by atoms with Crippen LogP contribution in [0.1, 0.15) is 72.6 Å². The monoisotopic (exact) mass is 334 g/mol. The predicted molar refractivity (Wildman–Crippen MR) is 82.2 cm³/mol. The summed E-state index contributed by atoms with van der Waals surface area (Å²) >= 11 is 0. The van der Waals surface area contributed by atoms with Crippen LogP contribution in [0.3, 0.4) is 0 Å². The lowest BCUT2D eigenvalue weighted by Gasteiger charge is -2.30. The van der Waals surface area contributed by atoms with Crippen LogP contribution in [0.2, 0.25) is 0 Å². The minimum atomic E-state index is -3.83. The van der Waals surface area contributed by atoms with Crippen molar-refractivity contribution in [3.8, 4) is 0 Å². The largest absolute Gasteiger partial charge is 0.458 e. The molecule has 134 valence electrons. The van der Waals surface area contributed by atoms with Crippen molar-refractivity contribution < 1.29 is 27.8 Å². The Labute approximate surface area is 136 Å². The van der Waals surface area contributed by atoms with E-state index in [0.717, 1.165) is 19.3 Å². The Bertz CT molecular complexity index is 415. The fraction of sp³-hybridized carbons (Fsp3) is 0.882. The Balaban J connectivity index is 2.72. The third-order valence-corrected chi connectivity index (χ3v) is 4.56. The molecule has 0 N–H and O–H groups in total. The van der Waals surface area contributed by atoms with Gasteiger partial charge in [0.15, 0.2) is 6.10 Å². The van der Waals surface area contributed by atoms with Gasteiger partial charge in [-0.1, -0.05) is 20.3 Å². The number of carbonyl (C=O) groups excluding carboxylic acids is 2. The second-order valence-corrected chi connectivity index (χ2v) is 6.83. The first-order valence-corrected chi connectivity index (χ1v) is 8.45. The van der Waals surface area contributed by atoms with Crippen LogP contribution in [0.4, 0.5) is 8.78 Å². The van der Waals surface area contributed by atoms with E-state index in [1.54, 1.807) is 20.8 Å². The van der Waals surface area contributed by atoms with E-state index in [1.807, 2.05) is 0 Å². The molecular formula is C17H28F2O4. The van der Waals surface area contributed by atoms with E-state index in [4.69, 9.17) is 9.47 Å². The molecular weight excluding hydrogens is 306 g/mol. The van der Waals surface area contributed by atoms with Crippen molar-refractivity contribution in [1.82, 2.24) is 0 Å². The standard InChI is InChI=1S/C17H28F2O4/c1-5-13(23-14(20)16(3,4)6-2)17(18,19)15(21)22-12-10-8-7-9-11-12/h12-13H,5-11H2,1-4H3. The van der Waals surface area contributed by atoms with Crippen molar-refractivity contribution in [1.29, 1.82) is 0 Å². The maximum absolute atomic E-state index is 14.3. The van der Waals surface area contributed by atoms with E-state index in [2.05, 4.69) is 0 Å². The van der Waals surface area contributed by atoms with E-state index in [1.165, 1.54) is 6.92 Å². The summed E-state index contributed by atoms with van der Waals surface area (Å²) in [5.41, 5.74) is -0.864. The Hall–Kier alpha value is -1.20. The van der Waals surface area contributed by atoms with Crippen LogP contribution >= 0.6 is 0 Å². The molecule has 1 aliphatic carbocycles. The van der Waals surface area contributed by atoms with Gasteiger partial charge >= 0.3 is 17.9 Å². The quantitative estimate of drug-likeness (QED) is 0.653. The minimum absolute atomic E-state index is 0.154. The molecule has 1 aliphatic rings. The van der Waals surface area contributed by atoms with Crippen molar-refractivity contribution in [3.05, 3.63) is 0 Å². The summed E-state index contributed by atoms with van der Waals surface area (Å²) in [6.07, 6.45) is 2.06. The van der Waals surface area contributed by atoms with Gasteiger partial charge in [0.05, 0.1) is 5.41 Å². The van der Waals surface area contributed by atoms with Crippen LogP contribution < -0.4 is 0 Å². The average molecular weight is 334 g/mol. The third kappa shape index (κ3) is 5.15. The van der Waals surface area contributed by atoms with Crippen molar-refractivity contribution in [2.45, 2.75) is 90.8 Å². The molecule has 1 rings (SSSR count). The number of alkyl halides is 2. The van der Waals surface area contributed by atoms with Gasteiger partial charge in [-0.3, -0.25) is 4.79 Å². The highest BCUT2D eigenvalue weighted by molar-refractivity contribution is 5.80. The first kappa shape index (κ1) is 19.8. The van der Waals surface area contributed by atoms with Gasteiger partial charge in [0.1, 0.15) is 6.10 Å². The summed E-state index contributed by atoms with van der Waals surface area (Å²) in [6.45, 7) is 6.48. The molecule has 0 aliphatic heterocycles. The first-order valence-electron chi connectivity index (χ1n) is 8.45. The lowest BCUT2D eigenvalue weighted by molar-refractivity contribution is -0.206. The molecule has 0 radical (unpaired) electrons. The van der Waals surface area contributed by atoms with Crippen molar-refractivity contribution >= 4 is 11.9 Å². The Morgan fingerprint density at radius 3 is 2.13 bits per heavy atom. The highest BCUT2D eigenvalue weighted by atomic mass is 19.3. The van der Waals surface area contributed by atoms with Gasteiger partial charge in [-0.05, 0) is 52.4 Å². The SMILES string of the molecule is CCC(OC(=O)C(C)(C)CC)C(F)(F)C(=O)OC1CCCCC1. The van der Waals surface area contributed by atoms with E-state index in [9.17, 15) is 18.4 Å². The summed E-state index contributed by atoms with van der Waals surface area (Å²) in [4.78, 5) is 23.9. The molecule has 0 saturated heterocycles. The number of ether oxygens (including phenoxy) is 2. The molecule has 0 aromatic rings. The molecule has 0 aromatic heterocycles. The molecule has 23 heavy (non-hydrogen) atoms. The number of hydrogen-bond donors (Lipinski definition) is 0. The maximum atomic E-state index is 14.3. The topological polar surface area (TPSA) is 52.6 Å². The Kier molecular flexibility index (Phi) is 6.96. The molecule has 0 heterocycles. The molecule has 0 amide bonds. The zero-order valence-corrected chi connectivity index (χ0v) is 14.5. The van der Waals surface area contributed by atoms with E-state index < -0.39 is 35.5 Å². The van der Waals surface area contributed by atoms with Crippen LogP contribution in [-0.2, 0) is 19.1 Å². The number of rotatable bonds is 7. The van der Waals surface area contributed by atoms with Gasteiger partial charge in [0.2, 0.25) is 0 Å². The second-order valence-electron chi connectivity index (χ2n) is 6.83. The highest BCUT2D eigenvalue weighted by Gasteiger charge is 2.52. The number of esters is 2. The highest BCUT2D eigenvalue weighted by Crippen LogP contribution is 2.31. The normalized spacial score (nSPS) is 18.3. The van der Waals surface area contributed by atoms with E-state index in [-0.39, 0.29) is 6.42 Å². The molecule has 1 saturated carbocycles. The van der Waals surface area contributed by atoms with Crippen LogP contribution in [0.15, 0.2) is 0 Å². The lowest BCUT2D eigenvalue weighted by Crippen LogP contribution is -2.47. The van der Waals surface area contributed by atoms with Crippen LogP contribution in [0.25, 0.3) is 0 Å². The Morgan fingerprint density at radius 2 is 1.65 bits per heavy atom. The van der Waals surface area contributed by atoms with Crippen LogP contribution in [0, 0.1) is 5.41 Å². The van der Waals surface area contributed by atoms with Gasteiger partial charge in [-0.15, -0.1) is 0 Å².